The second-order valence-electron chi connectivity index (χ2n) is 3.75. The summed E-state index contributed by atoms with van der Waals surface area (Å²) in [6.07, 6.45) is 2.85. The van der Waals surface area contributed by atoms with Crippen molar-refractivity contribution < 1.29 is 0 Å². The summed E-state index contributed by atoms with van der Waals surface area (Å²) in [6.45, 7) is 3.90. The predicted molar refractivity (Wildman–Crippen MR) is 54.7 cm³/mol. The van der Waals surface area contributed by atoms with Gasteiger partial charge in [0, 0.05) is 42.0 Å². The lowest BCUT2D eigenvalue weighted by Crippen LogP contribution is -2.42. The number of likely N-dealkylation sites (tertiary alicyclic amines) is 1. The first-order valence-electron chi connectivity index (χ1n) is 4.38. The van der Waals surface area contributed by atoms with Crippen molar-refractivity contribution in [2.24, 2.45) is 5.92 Å². The van der Waals surface area contributed by atoms with Gasteiger partial charge in [-0.3, -0.25) is 0 Å². The SMILES string of the molecule is CN1CCC2CCN(I)CC21. The number of fused-ring (bicyclic) bond motifs is 1. The second kappa shape index (κ2) is 3.18. The molecule has 0 aromatic rings. The number of nitrogens with zero attached hydrogens (tertiary/aromatic N) is 2. The lowest BCUT2D eigenvalue weighted by molar-refractivity contribution is 0.192. The molecule has 2 aliphatic heterocycles. The van der Waals surface area contributed by atoms with Gasteiger partial charge in [-0.25, -0.2) is 3.11 Å². The normalized spacial score (nSPS) is 40.9. The van der Waals surface area contributed by atoms with E-state index in [1.165, 1.54) is 32.5 Å². The molecule has 0 aromatic heterocycles. The summed E-state index contributed by atoms with van der Waals surface area (Å²) in [6, 6.07) is 0.862. The van der Waals surface area contributed by atoms with Crippen LogP contribution in [-0.2, 0) is 0 Å². The van der Waals surface area contributed by atoms with Gasteiger partial charge in [-0.15, -0.1) is 0 Å². The highest BCUT2D eigenvalue weighted by molar-refractivity contribution is 14.1. The predicted octanol–water partition coefficient (Wildman–Crippen LogP) is 1.36. The van der Waals surface area contributed by atoms with Crippen LogP contribution in [-0.4, -0.2) is 40.7 Å². The van der Waals surface area contributed by atoms with Crippen molar-refractivity contribution in [3.8, 4) is 0 Å². The zero-order valence-corrected chi connectivity index (χ0v) is 9.12. The Morgan fingerprint density at radius 3 is 2.82 bits per heavy atom. The molecule has 64 valence electrons. The molecular formula is C8H15IN2. The molecule has 2 aliphatic rings. The van der Waals surface area contributed by atoms with Gasteiger partial charge in [0.05, 0.1) is 0 Å². The van der Waals surface area contributed by atoms with E-state index >= 15 is 0 Å². The van der Waals surface area contributed by atoms with Crippen LogP contribution < -0.4 is 0 Å². The van der Waals surface area contributed by atoms with E-state index < -0.39 is 0 Å². The molecule has 2 heterocycles. The summed E-state index contributed by atoms with van der Waals surface area (Å²) < 4.78 is 2.43. The van der Waals surface area contributed by atoms with Gasteiger partial charge in [0.1, 0.15) is 0 Å². The van der Waals surface area contributed by atoms with Crippen LogP contribution in [0.1, 0.15) is 12.8 Å². The summed E-state index contributed by atoms with van der Waals surface area (Å²) in [4.78, 5) is 2.52. The van der Waals surface area contributed by atoms with Crippen molar-refractivity contribution in [1.82, 2.24) is 8.01 Å². The fourth-order valence-electron chi connectivity index (χ4n) is 2.31. The molecular weight excluding hydrogens is 251 g/mol. The van der Waals surface area contributed by atoms with Crippen LogP contribution in [0.4, 0.5) is 0 Å². The second-order valence-corrected chi connectivity index (χ2v) is 5.12. The van der Waals surface area contributed by atoms with Crippen LogP contribution in [0.25, 0.3) is 0 Å². The minimum absolute atomic E-state index is 0.862. The molecule has 0 aliphatic carbocycles. The Morgan fingerprint density at radius 2 is 2.00 bits per heavy atom. The van der Waals surface area contributed by atoms with Crippen LogP contribution in [0, 0.1) is 5.92 Å². The van der Waals surface area contributed by atoms with Crippen molar-refractivity contribution >= 4 is 22.9 Å². The topological polar surface area (TPSA) is 6.48 Å². The van der Waals surface area contributed by atoms with Crippen LogP contribution in [0.2, 0.25) is 0 Å². The third-order valence-corrected chi connectivity index (χ3v) is 3.97. The molecule has 0 N–H and O–H groups in total. The quantitative estimate of drug-likeness (QED) is 0.482. The van der Waals surface area contributed by atoms with Crippen molar-refractivity contribution in [1.29, 1.82) is 0 Å². The van der Waals surface area contributed by atoms with Crippen molar-refractivity contribution in [3.05, 3.63) is 0 Å². The number of piperidine rings is 1. The van der Waals surface area contributed by atoms with Gasteiger partial charge >= 0.3 is 0 Å². The smallest absolute Gasteiger partial charge is 0.0257 e. The molecule has 0 radical (unpaired) electrons. The first-order chi connectivity index (χ1) is 5.27. The molecule has 2 nitrogen and oxygen atoms in total. The Labute approximate surface area is 82.4 Å². The van der Waals surface area contributed by atoms with Gasteiger partial charge in [0.15, 0.2) is 0 Å². The fraction of sp³-hybridized carbons (Fsp3) is 1.00. The van der Waals surface area contributed by atoms with Gasteiger partial charge in [0.25, 0.3) is 0 Å². The van der Waals surface area contributed by atoms with E-state index in [1.54, 1.807) is 0 Å². The Morgan fingerprint density at radius 1 is 1.27 bits per heavy atom. The maximum absolute atomic E-state index is 2.52. The van der Waals surface area contributed by atoms with E-state index in [-0.39, 0.29) is 0 Å². The van der Waals surface area contributed by atoms with Crippen molar-refractivity contribution in [3.63, 3.8) is 0 Å². The van der Waals surface area contributed by atoms with E-state index in [1.807, 2.05) is 0 Å². The molecule has 2 atom stereocenters. The molecule has 0 aromatic carbocycles. The Bertz CT molecular complexity index is 151. The summed E-state index contributed by atoms with van der Waals surface area (Å²) in [5.74, 6) is 1.01. The molecule has 2 saturated heterocycles. The minimum Gasteiger partial charge on any atom is -0.302 e. The Balaban J connectivity index is 2.01. The largest absolute Gasteiger partial charge is 0.302 e. The van der Waals surface area contributed by atoms with Gasteiger partial charge < -0.3 is 4.90 Å². The van der Waals surface area contributed by atoms with Crippen LogP contribution in [0.3, 0.4) is 0 Å². The highest BCUT2D eigenvalue weighted by atomic mass is 127. The zero-order chi connectivity index (χ0) is 7.84. The maximum atomic E-state index is 2.52. The number of halogens is 1. The Kier molecular flexibility index (Phi) is 2.39. The molecule has 11 heavy (non-hydrogen) atoms. The standard InChI is InChI=1S/C8H15IN2/c1-10-4-2-7-3-5-11(9)6-8(7)10/h7-8H,2-6H2,1H3. The van der Waals surface area contributed by atoms with Crippen molar-refractivity contribution in [2.45, 2.75) is 18.9 Å². The third kappa shape index (κ3) is 1.55. The Hall–Kier alpha value is 0.650. The van der Waals surface area contributed by atoms with Gasteiger partial charge in [-0.1, -0.05) is 0 Å². The van der Waals surface area contributed by atoms with E-state index in [0.29, 0.717) is 0 Å². The summed E-state index contributed by atoms with van der Waals surface area (Å²) in [7, 11) is 2.26. The molecule has 0 bridgehead atoms. The van der Waals surface area contributed by atoms with E-state index in [9.17, 15) is 0 Å². The van der Waals surface area contributed by atoms with Gasteiger partial charge in [0.2, 0.25) is 0 Å². The highest BCUT2D eigenvalue weighted by Gasteiger charge is 2.35. The first-order valence-corrected chi connectivity index (χ1v) is 5.35. The van der Waals surface area contributed by atoms with E-state index in [0.717, 1.165) is 12.0 Å². The average Bonchev–Trinajstić information content (AvgIpc) is 2.33. The molecule has 2 rings (SSSR count). The van der Waals surface area contributed by atoms with Crippen LogP contribution >= 0.6 is 22.9 Å². The van der Waals surface area contributed by atoms with E-state index in [4.69, 9.17) is 0 Å². The summed E-state index contributed by atoms with van der Waals surface area (Å²) in [5, 5.41) is 0. The summed E-state index contributed by atoms with van der Waals surface area (Å²) >= 11 is 2.45. The number of hydrogen-bond donors (Lipinski definition) is 0. The van der Waals surface area contributed by atoms with Gasteiger partial charge in [-0.2, -0.15) is 0 Å². The third-order valence-electron chi connectivity index (χ3n) is 3.09. The molecule has 3 heteroatoms. The van der Waals surface area contributed by atoms with Gasteiger partial charge in [-0.05, 0) is 32.4 Å². The molecule has 2 fully saturated rings. The van der Waals surface area contributed by atoms with Crippen LogP contribution in [0.5, 0.6) is 0 Å². The fourth-order valence-corrected chi connectivity index (χ4v) is 3.00. The molecule has 0 saturated carbocycles. The van der Waals surface area contributed by atoms with E-state index in [2.05, 4.69) is 37.9 Å². The van der Waals surface area contributed by atoms with Crippen molar-refractivity contribution in [2.75, 3.05) is 26.7 Å². The molecule has 0 amide bonds. The molecule has 2 unspecified atom stereocenters. The zero-order valence-electron chi connectivity index (χ0n) is 6.96. The monoisotopic (exact) mass is 266 g/mol. The first kappa shape index (κ1) is 8.26. The minimum atomic E-state index is 0.862. The average molecular weight is 266 g/mol. The lowest BCUT2D eigenvalue weighted by atomic mass is 9.94. The van der Waals surface area contributed by atoms with Crippen LogP contribution in [0.15, 0.2) is 0 Å². The number of likely N-dealkylation sites (N-methyl/N-ethyl adjacent to an activating group) is 1. The number of hydrogen-bond acceptors (Lipinski definition) is 2. The summed E-state index contributed by atoms with van der Waals surface area (Å²) in [5.41, 5.74) is 0. The lowest BCUT2D eigenvalue weighted by Gasteiger charge is -2.33. The highest BCUT2D eigenvalue weighted by Crippen LogP contribution is 2.31. The number of rotatable bonds is 0. The maximum Gasteiger partial charge on any atom is 0.0257 e. The molecule has 0 spiro atoms.